The van der Waals surface area contributed by atoms with Crippen LogP contribution in [0.2, 0.25) is 0 Å². The molecule has 0 bridgehead atoms. The minimum absolute atomic E-state index is 0.357. The van der Waals surface area contributed by atoms with Crippen molar-refractivity contribution in [2.75, 3.05) is 14.1 Å². The van der Waals surface area contributed by atoms with Crippen molar-refractivity contribution in [2.45, 2.75) is 13.8 Å². The van der Waals surface area contributed by atoms with Gasteiger partial charge in [-0.3, -0.25) is 4.98 Å². The molecule has 6 nitrogen and oxygen atoms in total. The van der Waals surface area contributed by atoms with Crippen LogP contribution in [0.25, 0.3) is 40.0 Å². The molecule has 30 heavy (non-hydrogen) atoms. The lowest BCUT2D eigenvalue weighted by Gasteiger charge is -2.16. The molecular weight excluding hydrogens is 374 g/mol. The Labute approximate surface area is 176 Å². The van der Waals surface area contributed by atoms with Gasteiger partial charge in [0, 0.05) is 30.9 Å². The van der Waals surface area contributed by atoms with Crippen molar-refractivity contribution in [1.82, 2.24) is 25.1 Å². The molecule has 0 amide bonds. The molecule has 4 aromatic rings. The van der Waals surface area contributed by atoms with Crippen LogP contribution in [-0.2, 0) is 0 Å². The summed E-state index contributed by atoms with van der Waals surface area (Å²) in [7, 11) is 3.95. The number of hydrogen-bond acceptors (Lipinski definition) is 6. The average Bonchev–Trinajstić information content (AvgIpc) is 3.24. The van der Waals surface area contributed by atoms with E-state index in [0.717, 1.165) is 33.8 Å². The average molecular weight is 397 g/mol. The molecule has 0 atom stereocenters. The van der Waals surface area contributed by atoms with E-state index in [1.165, 1.54) is 5.56 Å². The first kappa shape index (κ1) is 19.5. The van der Waals surface area contributed by atoms with Gasteiger partial charge in [0.25, 0.3) is 5.89 Å². The lowest BCUT2D eigenvalue weighted by atomic mass is 10.1. The van der Waals surface area contributed by atoms with Crippen LogP contribution < -0.4 is 0 Å². The van der Waals surface area contributed by atoms with Crippen LogP contribution in [-0.4, -0.2) is 39.2 Å². The highest BCUT2D eigenvalue weighted by molar-refractivity contribution is 5.68. The zero-order valence-corrected chi connectivity index (χ0v) is 17.5. The third kappa shape index (κ3) is 3.85. The molecule has 6 heteroatoms. The summed E-state index contributed by atoms with van der Waals surface area (Å²) >= 11 is 0. The van der Waals surface area contributed by atoms with Gasteiger partial charge < -0.3 is 9.32 Å². The van der Waals surface area contributed by atoms with Gasteiger partial charge in [0.2, 0.25) is 5.89 Å². The number of benzene rings is 2. The third-order valence-electron chi connectivity index (χ3n) is 4.94. The molecule has 0 aliphatic carbocycles. The van der Waals surface area contributed by atoms with Gasteiger partial charge in [0.15, 0.2) is 0 Å². The molecule has 150 valence electrons. The summed E-state index contributed by atoms with van der Waals surface area (Å²) in [6.07, 6.45) is 1.76. The van der Waals surface area contributed by atoms with Crippen molar-refractivity contribution in [2.24, 2.45) is 0 Å². The lowest BCUT2D eigenvalue weighted by Crippen LogP contribution is -2.08. The fourth-order valence-corrected chi connectivity index (χ4v) is 3.01. The van der Waals surface area contributed by atoms with Gasteiger partial charge >= 0.3 is 0 Å². The molecule has 4 rings (SSSR count). The molecule has 2 heterocycles. The number of aromatic nitrogens is 4. The van der Waals surface area contributed by atoms with Crippen LogP contribution in [0.1, 0.15) is 16.8 Å². The summed E-state index contributed by atoms with van der Waals surface area (Å²) in [6, 6.07) is 16.0. The van der Waals surface area contributed by atoms with Gasteiger partial charge in [-0.05, 0) is 31.5 Å². The second-order valence-electron chi connectivity index (χ2n) is 7.39. The second-order valence-corrected chi connectivity index (χ2v) is 7.39. The smallest absolute Gasteiger partial charge is 0.268 e. The maximum absolute atomic E-state index is 5.90. The minimum atomic E-state index is 0.357. The van der Waals surface area contributed by atoms with Gasteiger partial charge in [0.1, 0.15) is 5.69 Å². The van der Waals surface area contributed by atoms with E-state index in [-0.39, 0.29) is 0 Å². The maximum atomic E-state index is 5.90. The summed E-state index contributed by atoms with van der Waals surface area (Å²) in [4.78, 5) is 11.2. The third-order valence-corrected chi connectivity index (χ3v) is 4.94. The largest absolute Gasteiger partial charge is 0.415 e. The molecule has 2 aromatic carbocycles. The van der Waals surface area contributed by atoms with Gasteiger partial charge in [-0.2, -0.15) is 0 Å². The van der Waals surface area contributed by atoms with E-state index in [4.69, 9.17) is 9.40 Å². The molecule has 0 fully saturated rings. The predicted octanol–water partition coefficient (Wildman–Crippen LogP) is 5.01. The van der Waals surface area contributed by atoms with E-state index in [2.05, 4.69) is 21.8 Å². The SMILES string of the molecule is C=C(c1ccc(-c2cnc(C)c(-c3nnc(-c4ccc(C)cc4)o3)n2)cc1)N(C)C. The van der Waals surface area contributed by atoms with Crippen LogP contribution >= 0.6 is 0 Å². The highest BCUT2D eigenvalue weighted by Crippen LogP contribution is 2.27. The van der Waals surface area contributed by atoms with Crippen molar-refractivity contribution in [3.05, 3.63) is 78.1 Å². The van der Waals surface area contributed by atoms with E-state index in [1.807, 2.05) is 81.4 Å². The number of nitrogens with zero attached hydrogens (tertiary/aromatic N) is 5. The highest BCUT2D eigenvalue weighted by atomic mass is 16.4. The fraction of sp³-hybridized carbons (Fsp3) is 0.167. The Hall–Kier alpha value is -3.80. The summed E-state index contributed by atoms with van der Waals surface area (Å²) in [5.74, 6) is 0.818. The summed E-state index contributed by atoms with van der Waals surface area (Å²) in [5, 5.41) is 8.39. The molecule has 0 aliphatic heterocycles. The van der Waals surface area contributed by atoms with Crippen molar-refractivity contribution < 1.29 is 4.42 Å². The number of aryl methyl sites for hydroxylation is 2. The van der Waals surface area contributed by atoms with Crippen LogP contribution in [0, 0.1) is 13.8 Å². The van der Waals surface area contributed by atoms with Crippen LogP contribution in [0.3, 0.4) is 0 Å². The zero-order valence-electron chi connectivity index (χ0n) is 17.5. The Kier molecular flexibility index (Phi) is 5.14. The minimum Gasteiger partial charge on any atom is -0.415 e. The Morgan fingerprint density at radius 2 is 1.50 bits per heavy atom. The van der Waals surface area contributed by atoms with Crippen molar-refractivity contribution in [3.8, 4) is 34.3 Å². The first-order valence-electron chi connectivity index (χ1n) is 9.64. The van der Waals surface area contributed by atoms with Gasteiger partial charge in [0.05, 0.1) is 17.6 Å². The Bertz CT molecular complexity index is 1190. The van der Waals surface area contributed by atoms with Crippen molar-refractivity contribution in [1.29, 1.82) is 0 Å². The molecule has 0 unspecified atom stereocenters. The molecular formula is C24H23N5O. The molecule has 0 spiro atoms. The lowest BCUT2D eigenvalue weighted by molar-refractivity contribution is 0.581. The molecule has 0 N–H and O–H groups in total. The molecule has 0 saturated carbocycles. The van der Waals surface area contributed by atoms with E-state index >= 15 is 0 Å². The second kappa shape index (κ2) is 7.91. The van der Waals surface area contributed by atoms with E-state index < -0.39 is 0 Å². The van der Waals surface area contributed by atoms with Crippen molar-refractivity contribution >= 4 is 5.70 Å². The van der Waals surface area contributed by atoms with Gasteiger partial charge in [-0.15, -0.1) is 10.2 Å². The number of hydrogen-bond donors (Lipinski definition) is 0. The van der Waals surface area contributed by atoms with Gasteiger partial charge in [-0.25, -0.2) is 4.98 Å². The van der Waals surface area contributed by atoms with E-state index in [1.54, 1.807) is 6.20 Å². The summed E-state index contributed by atoms with van der Waals surface area (Å²) in [5.41, 5.74) is 7.07. The Morgan fingerprint density at radius 1 is 0.867 bits per heavy atom. The quantitative estimate of drug-likeness (QED) is 0.472. The molecule has 2 aromatic heterocycles. The van der Waals surface area contributed by atoms with E-state index in [9.17, 15) is 0 Å². The Balaban J connectivity index is 1.66. The van der Waals surface area contributed by atoms with Crippen LogP contribution in [0.4, 0.5) is 0 Å². The standard InChI is InChI=1S/C24H23N5O/c1-15-6-8-20(9-7-15)23-27-28-24(30-23)22-16(2)25-14-21(26-22)19-12-10-18(11-13-19)17(3)29(4)5/h6-14H,3H2,1-2,4-5H3. The highest BCUT2D eigenvalue weighted by Gasteiger charge is 2.16. The normalized spacial score (nSPS) is 10.8. The van der Waals surface area contributed by atoms with Crippen molar-refractivity contribution in [3.63, 3.8) is 0 Å². The first-order valence-corrected chi connectivity index (χ1v) is 9.64. The van der Waals surface area contributed by atoms with E-state index in [0.29, 0.717) is 17.5 Å². The predicted molar refractivity (Wildman–Crippen MR) is 118 cm³/mol. The summed E-state index contributed by atoms with van der Waals surface area (Å²) < 4.78 is 5.90. The topological polar surface area (TPSA) is 67.9 Å². The molecule has 0 aliphatic rings. The molecule has 0 radical (unpaired) electrons. The molecule has 0 saturated heterocycles. The number of rotatable bonds is 5. The maximum Gasteiger partial charge on any atom is 0.268 e. The monoisotopic (exact) mass is 397 g/mol. The van der Waals surface area contributed by atoms with Gasteiger partial charge in [-0.1, -0.05) is 48.5 Å². The fourth-order valence-electron chi connectivity index (χ4n) is 3.01. The van der Waals surface area contributed by atoms with Crippen LogP contribution in [0.5, 0.6) is 0 Å². The first-order chi connectivity index (χ1) is 14.4. The Morgan fingerprint density at radius 3 is 2.17 bits per heavy atom. The zero-order chi connectivity index (χ0) is 21.3. The summed E-state index contributed by atoms with van der Waals surface area (Å²) in [6.45, 7) is 8.01. The van der Waals surface area contributed by atoms with Crippen LogP contribution in [0.15, 0.2) is 65.7 Å².